The van der Waals surface area contributed by atoms with Crippen LogP contribution in [0.2, 0.25) is 0 Å². The molecule has 7 nitrogen and oxygen atoms in total. The quantitative estimate of drug-likeness (QED) is 0.678. The van der Waals surface area contributed by atoms with Gasteiger partial charge in [-0.3, -0.25) is 9.69 Å². The molecule has 3 N–H and O–H groups in total. The van der Waals surface area contributed by atoms with E-state index in [2.05, 4.69) is 27.7 Å². The van der Waals surface area contributed by atoms with Crippen LogP contribution >= 0.6 is 0 Å². The number of morpholine rings is 1. The van der Waals surface area contributed by atoms with Gasteiger partial charge >= 0.3 is 6.03 Å². The highest BCUT2D eigenvalue weighted by atomic mass is 16.5. The first-order valence-corrected chi connectivity index (χ1v) is 9.71. The van der Waals surface area contributed by atoms with E-state index < -0.39 is 0 Å². The molecule has 1 aromatic rings. The largest absolute Gasteiger partial charge is 0.483 e. The molecule has 2 heterocycles. The minimum absolute atomic E-state index is 0.0459. The second kappa shape index (κ2) is 9.71. The van der Waals surface area contributed by atoms with Crippen molar-refractivity contribution in [2.75, 3.05) is 26.2 Å². The number of ether oxygens (including phenoxy) is 1. The van der Waals surface area contributed by atoms with Crippen molar-refractivity contribution in [2.45, 2.75) is 43.9 Å². The minimum atomic E-state index is -0.250. The SMILES string of the molecule is O=C(NCCc1ccccc1)N[C@@H]1C[C@H]2CO[C@@H](C3CC3)CN2C1.O=CO. The summed E-state index contributed by atoms with van der Waals surface area (Å²) in [6.45, 7) is 3.25. The highest BCUT2D eigenvalue weighted by molar-refractivity contribution is 5.74. The third-order valence-electron chi connectivity index (χ3n) is 5.47. The number of carbonyl (C=O) groups excluding carboxylic acids is 1. The van der Waals surface area contributed by atoms with E-state index >= 15 is 0 Å². The number of fused-ring (bicyclic) bond motifs is 1. The molecule has 148 valence electrons. The van der Waals surface area contributed by atoms with Gasteiger partial charge in [0.2, 0.25) is 0 Å². The number of amides is 2. The molecule has 1 aliphatic carbocycles. The lowest BCUT2D eigenvalue weighted by molar-refractivity contribution is -0.122. The fraction of sp³-hybridized carbons (Fsp3) is 0.600. The van der Waals surface area contributed by atoms with Crippen molar-refractivity contribution in [3.05, 3.63) is 35.9 Å². The van der Waals surface area contributed by atoms with Crippen molar-refractivity contribution >= 4 is 12.5 Å². The minimum Gasteiger partial charge on any atom is -0.483 e. The van der Waals surface area contributed by atoms with Crippen molar-refractivity contribution in [2.24, 2.45) is 5.92 Å². The Morgan fingerprint density at radius 1 is 1.26 bits per heavy atom. The zero-order valence-electron chi connectivity index (χ0n) is 15.5. The van der Waals surface area contributed by atoms with E-state index in [0.29, 0.717) is 18.7 Å². The summed E-state index contributed by atoms with van der Waals surface area (Å²) < 4.78 is 6.01. The van der Waals surface area contributed by atoms with Crippen LogP contribution in [-0.2, 0) is 16.0 Å². The van der Waals surface area contributed by atoms with Crippen LogP contribution in [0.5, 0.6) is 0 Å². The standard InChI is InChI=1S/C19H27N3O2.CH2O2/c23-19(20-9-8-14-4-2-1-3-5-14)21-16-10-17-13-24-18(15-6-7-15)12-22(17)11-16;2-1-3/h1-5,15-18H,6-13H2,(H2,20,21,23);1H,(H,2,3)/t16-,17+,18-;/m1./s1. The maximum absolute atomic E-state index is 12.1. The molecule has 3 aliphatic rings. The number of benzene rings is 1. The van der Waals surface area contributed by atoms with Crippen molar-refractivity contribution in [3.8, 4) is 0 Å². The van der Waals surface area contributed by atoms with E-state index in [1.165, 1.54) is 18.4 Å². The molecule has 0 aromatic heterocycles. The van der Waals surface area contributed by atoms with Gasteiger partial charge in [0.05, 0.1) is 12.7 Å². The molecule has 0 radical (unpaired) electrons. The highest BCUT2D eigenvalue weighted by Gasteiger charge is 2.42. The maximum atomic E-state index is 12.1. The van der Waals surface area contributed by atoms with E-state index in [1.807, 2.05) is 18.2 Å². The van der Waals surface area contributed by atoms with E-state index in [4.69, 9.17) is 14.6 Å². The Bertz CT molecular complexity index is 609. The smallest absolute Gasteiger partial charge is 0.315 e. The molecular weight excluding hydrogens is 346 g/mol. The summed E-state index contributed by atoms with van der Waals surface area (Å²) >= 11 is 0. The third kappa shape index (κ3) is 5.94. The maximum Gasteiger partial charge on any atom is 0.315 e. The summed E-state index contributed by atoms with van der Waals surface area (Å²) in [5.41, 5.74) is 1.25. The van der Waals surface area contributed by atoms with Crippen LogP contribution in [0.1, 0.15) is 24.8 Å². The number of carboxylic acid groups (broad SMARTS) is 1. The van der Waals surface area contributed by atoms with Crippen molar-refractivity contribution in [1.29, 1.82) is 0 Å². The number of rotatable bonds is 5. The Balaban J connectivity index is 0.000000659. The Hall–Kier alpha value is -2.12. The van der Waals surface area contributed by atoms with Gasteiger partial charge in [0.25, 0.3) is 6.47 Å². The van der Waals surface area contributed by atoms with E-state index in [1.54, 1.807) is 0 Å². The molecule has 27 heavy (non-hydrogen) atoms. The molecule has 1 saturated carbocycles. The fourth-order valence-corrected chi connectivity index (χ4v) is 3.96. The van der Waals surface area contributed by atoms with Crippen LogP contribution in [0, 0.1) is 5.92 Å². The van der Waals surface area contributed by atoms with Gasteiger partial charge in [-0.05, 0) is 37.2 Å². The molecule has 1 aromatic carbocycles. The Kier molecular flexibility index (Phi) is 7.06. The first-order chi connectivity index (χ1) is 13.2. The number of hydrogen-bond acceptors (Lipinski definition) is 4. The Labute approximate surface area is 160 Å². The number of nitrogens with one attached hydrogen (secondary N) is 2. The van der Waals surface area contributed by atoms with Gasteiger partial charge in [-0.25, -0.2) is 4.79 Å². The van der Waals surface area contributed by atoms with Crippen molar-refractivity contribution < 1.29 is 19.4 Å². The lowest BCUT2D eigenvalue weighted by Gasteiger charge is -2.35. The average molecular weight is 375 g/mol. The summed E-state index contributed by atoms with van der Waals surface area (Å²) in [6.07, 6.45) is 4.96. The van der Waals surface area contributed by atoms with E-state index in [9.17, 15) is 4.79 Å². The Morgan fingerprint density at radius 3 is 2.70 bits per heavy atom. The Morgan fingerprint density at radius 2 is 2.00 bits per heavy atom. The highest BCUT2D eigenvalue weighted by Crippen LogP contribution is 2.37. The normalized spacial score (nSPS) is 27.0. The van der Waals surface area contributed by atoms with Crippen LogP contribution in [0.15, 0.2) is 30.3 Å². The molecule has 2 aliphatic heterocycles. The summed E-state index contributed by atoms with van der Waals surface area (Å²) in [4.78, 5) is 23.0. The molecule has 0 spiro atoms. The van der Waals surface area contributed by atoms with E-state index in [0.717, 1.165) is 38.5 Å². The van der Waals surface area contributed by atoms with Gasteiger partial charge in [0.1, 0.15) is 0 Å². The summed E-state index contributed by atoms with van der Waals surface area (Å²) in [6, 6.07) is 10.9. The van der Waals surface area contributed by atoms with Crippen LogP contribution in [0.4, 0.5) is 4.79 Å². The second-order valence-corrected chi connectivity index (χ2v) is 7.49. The second-order valence-electron chi connectivity index (χ2n) is 7.49. The first-order valence-electron chi connectivity index (χ1n) is 9.71. The first kappa shape index (κ1) is 19.6. The summed E-state index contributed by atoms with van der Waals surface area (Å²) in [7, 11) is 0. The zero-order chi connectivity index (χ0) is 19.1. The molecule has 0 unspecified atom stereocenters. The average Bonchev–Trinajstić information content (AvgIpc) is 3.43. The van der Waals surface area contributed by atoms with Crippen LogP contribution in [0.3, 0.4) is 0 Å². The molecule has 2 amide bonds. The number of hydrogen-bond donors (Lipinski definition) is 3. The summed E-state index contributed by atoms with van der Waals surface area (Å²) in [5, 5.41) is 13.0. The number of nitrogens with zero attached hydrogens (tertiary/aromatic N) is 1. The van der Waals surface area contributed by atoms with Gasteiger partial charge in [0, 0.05) is 31.7 Å². The van der Waals surface area contributed by atoms with Gasteiger partial charge in [-0.2, -0.15) is 0 Å². The molecule has 4 rings (SSSR count). The monoisotopic (exact) mass is 375 g/mol. The molecule has 2 saturated heterocycles. The van der Waals surface area contributed by atoms with Crippen LogP contribution in [0.25, 0.3) is 0 Å². The molecule has 3 atom stereocenters. The zero-order valence-corrected chi connectivity index (χ0v) is 15.5. The number of carbonyl (C=O) groups is 2. The number of urea groups is 1. The lowest BCUT2D eigenvalue weighted by Crippen LogP contribution is -2.47. The van der Waals surface area contributed by atoms with E-state index in [-0.39, 0.29) is 18.5 Å². The third-order valence-corrected chi connectivity index (χ3v) is 5.47. The molecule has 0 bridgehead atoms. The lowest BCUT2D eigenvalue weighted by atomic mass is 10.1. The topological polar surface area (TPSA) is 90.9 Å². The van der Waals surface area contributed by atoms with Gasteiger partial charge < -0.3 is 20.5 Å². The van der Waals surface area contributed by atoms with Crippen molar-refractivity contribution in [3.63, 3.8) is 0 Å². The van der Waals surface area contributed by atoms with Crippen molar-refractivity contribution in [1.82, 2.24) is 15.5 Å². The molecule has 3 fully saturated rings. The predicted octanol–water partition coefficient (Wildman–Crippen LogP) is 1.48. The fourth-order valence-electron chi connectivity index (χ4n) is 3.96. The molecular formula is C20H29N3O4. The predicted molar refractivity (Wildman–Crippen MR) is 102 cm³/mol. The van der Waals surface area contributed by atoms with Gasteiger partial charge in [-0.15, -0.1) is 0 Å². The molecule has 7 heteroatoms. The van der Waals surface area contributed by atoms with Gasteiger partial charge in [-0.1, -0.05) is 30.3 Å². The van der Waals surface area contributed by atoms with Crippen LogP contribution in [-0.4, -0.2) is 66.9 Å². The van der Waals surface area contributed by atoms with Crippen LogP contribution < -0.4 is 10.6 Å². The summed E-state index contributed by atoms with van der Waals surface area (Å²) in [5.74, 6) is 0.791. The van der Waals surface area contributed by atoms with Gasteiger partial charge in [0.15, 0.2) is 0 Å².